The number of alkyl halides is 6. The second kappa shape index (κ2) is 14.1. The van der Waals surface area contributed by atoms with E-state index in [1.807, 2.05) is 11.8 Å². The molecule has 4 rings (SSSR count). The molecule has 0 bridgehead atoms. The SMILES string of the molecule is CCN(C[C@H]1CC[C@H](CC(=O)O)CC1)c1ncc(C(F)(F)F)cc1CN(Cc1cc(Cl)cc(C(F)(F)F)c1)c1ccccc1. The van der Waals surface area contributed by atoms with Crippen LogP contribution in [0.4, 0.5) is 37.8 Å². The van der Waals surface area contributed by atoms with Crippen LogP contribution in [0.3, 0.4) is 0 Å². The van der Waals surface area contributed by atoms with Crippen LogP contribution < -0.4 is 9.80 Å². The van der Waals surface area contributed by atoms with E-state index >= 15 is 0 Å². The van der Waals surface area contributed by atoms with Crippen LogP contribution in [0, 0.1) is 11.8 Å². The first-order valence-electron chi connectivity index (χ1n) is 14.4. The number of anilines is 2. The van der Waals surface area contributed by atoms with E-state index in [9.17, 15) is 31.1 Å². The van der Waals surface area contributed by atoms with Crippen LogP contribution >= 0.6 is 11.6 Å². The Balaban J connectivity index is 1.67. The first-order chi connectivity index (χ1) is 20.7. The Bertz CT molecular complexity index is 1410. The van der Waals surface area contributed by atoms with E-state index in [1.165, 1.54) is 6.07 Å². The van der Waals surface area contributed by atoms with Gasteiger partial charge in [-0.3, -0.25) is 4.79 Å². The van der Waals surface area contributed by atoms with E-state index in [4.69, 9.17) is 16.7 Å². The van der Waals surface area contributed by atoms with Crippen LogP contribution in [0.25, 0.3) is 0 Å². The minimum atomic E-state index is -4.65. The van der Waals surface area contributed by atoms with E-state index in [0.29, 0.717) is 24.6 Å². The summed E-state index contributed by atoms with van der Waals surface area (Å²) in [6.07, 6.45) is -5.19. The number of carbonyl (C=O) groups is 1. The number of rotatable bonds is 11. The molecule has 1 aromatic heterocycles. The lowest BCUT2D eigenvalue weighted by molar-refractivity contribution is -0.139. The standard InChI is InChI=1S/C32H34ClF6N3O2/c1-2-41(18-22-10-8-21(9-11-22)14-29(43)44)30-24(15-26(17-40-30)32(37,38)39)20-42(28-6-4-3-5-7-28)19-23-12-25(31(34,35)36)16-27(33)13-23/h3-7,12-13,15-17,21-22H,2,8-11,14,18-20H2,1H3,(H,43,44)/t21-,22-. The number of carboxylic acid groups (broad SMARTS) is 1. The fourth-order valence-corrected chi connectivity index (χ4v) is 6.07. The Kier molecular flexibility index (Phi) is 10.7. The molecule has 2 aromatic carbocycles. The molecule has 1 N–H and O–H groups in total. The fraction of sp³-hybridized carbons (Fsp3) is 0.438. The van der Waals surface area contributed by atoms with Gasteiger partial charge in [0.25, 0.3) is 0 Å². The highest BCUT2D eigenvalue weighted by Crippen LogP contribution is 2.36. The minimum absolute atomic E-state index is 0.0525. The largest absolute Gasteiger partial charge is 0.481 e. The summed E-state index contributed by atoms with van der Waals surface area (Å²) >= 11 is 6.04. The Morgan fingerprint density at radius 3 is 2.11 bits per heavy atom. The number of para-hydroxylation sites is 1. The second-order valence-corrected chi connectivity index (χ2v) is 11.7. The maximum Gasteiger partial charge on any atom is 0.417 e. The quantitative estimate of drug-likeness (QED) is 0.212. The van der Waals surface area contributed by atoms with Crippen LogP contribution in [0.2, 0.25) is 5.02 Å². The van der Waals surface area contributed by atoms with Gasteiger partial charge in [-0.15, -0.1) is 0 Å². The Hall–Kier alpha value is -3.47. The first-order valence-corrected chi connectivity index (χ1v) is 14.8. The molecule has 0 aliphatic heterocycles. The minimum Gasteiger partial charge on any atom is -0.481 e. The predicted octanol–water partition coefficient (Wildman–Crippen LogP) is 9.09. The topological polar surface area (TPSA) is 56.7 Å². The van der Waals surface area contributed by atoms with Crippen LogP contribution in [-0.2, 0) is 30.2 Å². The van der Waals surface area contributed by atoms with Gasteiger partial charge in [0.1, 0.15) is 5.82 Å². The molecule has 0 saturated heterocycles. The molecule has 1 saturated carbocycles. The summed E-state index contributed by atoms with van der Waals surface area (Å²) in [6, 6.07) is 13.0. The van der Waals surface area contributed by atoms with Crippen molar-refractivity contribution in [2.24, 2.45) is 11.8 Å². The number of hydrogen-bond donors (Lipinski definition) is 1. The summed E-state index contributed by atoms with van der Waals surface area (Å²) in [5.41, 5.74) is -0.700. The molecule has 1 fully saturated rings. The summed E-state index contributed by atoms with van der Waals surface area (Å²) in [5, 5.41) is 9.03. The monoisotopic (exact) mass is 641 g/mol. The van der Waals surface area contributed by atoms with Gasteiger partial charge in [0, 0.05) is 55.1 Å². The summed E-state index contributed by atoms with van der Waals surface area (Å²) in [7, 11) is 0. The summed E-state index contributed by atoms with van der Waals surface area (Å²) in [4.78, 5) is 19.0. The van der Waals surface area contributed by atoms with Crippen molar-refractivity contribution in [3.05, 3.63) is 88.1 Å². The molecule has 0 amide bonds. The molecule has 1 heterocycles. The van der Waals surface area contributed by atoms with Crippen molar-refractivity contribution in [2.75, 3.05) is 22.9 Å². The average molecular weight is 642 g/mol. The van der Waals surface area contributed by atoms with E-state index in [-0.39, 0.29) is 47.5 Å². The Labute approximate surface area is 257 Å². The number of halogens is 7. The molecule has 5 nitrogen and oxygen atoms in total. The van der Waals surface area contributed by atoms with E-state index in [0.717, 1.165) is 50.1 Å². The zero-order valence-corrected chi connectivity index (χ0v) is 24.9. The Morgan fingerprint density at radius 1 is 0.886 bits per heavy atom. The number of nitrogens with zero attached hydrogens (tertiary/aromatic N) is 3. The smallest absolute Gasteiger partial charge is 0.417 e. The highest BCUT2D eigenvalue weighted by molar-refractivity contribution is 6.30. The molecule has 3 aromatic rings. The average Bonchev–Trinajstić information content (AvgIpc) is 2.95. The van der Waals surface area contributed by atoms with Crippen molar-refractivity contribution in [1.29, 1.82) is 0 Å². The van der Waals surface area contributed by atoms with Crippen molar-refractivity contribution in [3.8, 4) is 0 Å². The van der Waals surface area contributed by atoms with Crippen LogP contribution in [0.1, 0.15) is 61.3 Å². The predicted molar refractivity (Wildman–Crippen MR) is 158 cm³/mol. The second-order valence-electron chi connectivity index (χ2n) is 11.3. The summed E-state index contributed by atoms with van der Waals surface area (Å²) < 4.78 is 82.2. The maximum atomic E-state index is 13.9. The zero-order valence-electron chi connectivity index (χ0n) is 24.1. The molecule has 12 heteroatoms. The van der Waals surface area contributed by atoms with E-state index < -0.39 is 29.4 Å². The lowest BCUT2D eigenvalue weighted by Gasteiger charge is -2.34. The Morgan fingerprint density at radius 2 is 1.52 bits per heavy atom. The highest BCUT2D eigenvalue weighted by atomic mass is 35.5. The molecule has 0 atom stereocenters. The molecule has 1 aliphatic rings. The highest BCUT2D eigenvalue weighted by Gasteiger charge is 2.34. The van der Waals surface area contributed by atoms with Gasteiger partial charge in [0.05, 0.1) is 11.1 Å². The number of hydrogen-bond acceptors (Lipinski definition) is 4. The van der Waals surface area contributed by atoms with Crippen LogP contribution in [-0.4, -0.2) is 29.1 Å². The molecule has 0 spiro atoms. The van der Waals surface area contributed by atoms with Crippen LogP contribution in [0.5, 0.6) is 0 Å². The normalized spacial score (nSPS) is 17.4. The molecule has 238 valence electrons. The summed E-state index contributed by atoms with van der Waals surface area (Å²) in [5.74, 6) is -0.120. The van der Waals surface area contributed by atoms with Gasteiger partial charge in [-0.2, -0.15) is 26.3 Å². The van der Waals surface area contributed by atoms with Gasteiger partial charge in [-0.05, 0) is 86.4 Å². The number of aromatic nitrogens is 1. The number of carboxylic acids is 1. The molecular formula is C32H34ClF6N3O2. The first kappa shape index (κ1) is 33.4. The summed E-state index contributed by atoms with van der Waals surface area (Å²) in [6.45, 7) is 2.78. The van der Waals surface area contributed by atoms with Crippen molar-refractivity contribution in [1.82, 2.24) is 4.98 Å². The van der Waals surface area contributed by atoms with Gasteiger partial charge < -0.3 is 14.9 Å². The van der Waals surface area contributed by atoms with E-state index in [2.05, 4.69) is 4.98 Å². The van der Waals surface area contributed by atoms with Crippen LogP contribution in [0.15, 0.2) is 60.8 Å². The fourth-order valence-electron chi connectivity index (χ4n) is 5.81. The number of pyridine rings is 1. The van der Waals surface area contributed by atoms with Gasteiger partial charge in [-0.25, -0.2) is 4.98 Å². The van der Waals surface area contributed by atoms with Gasteiger partial charge in [-0.1, -0.05) is 29.8 Å². The van der Waals surface area contributed by atoms with Gasteiger partial charge in [0.15, 0.2) is 0 Å². The number of aliphatic carboxylic acids is 1. The van der Waals surface area contributed by atoms with Crippen molar-refractivity contribution < 1.29 is 36.2 Å². The third kappa shape index (κ3) is 9.03. The third-order valence-corrected chi connectivity index (χ3v) is 8.22. The van der Waals surface area contributed by atoms with Crippen molar-refractivity contribution >= 4 is 29.1 Å². The van der Waals surface area contributed by atoms with Crippen molar-refractivity contribution in [2.45, 2.75) is 64.5 Å². The van der Waals surface area contributed by atoms with Gasteiger partial charge >= 0.3 is 18.3 Å². The molecule has 44 heavy (non-hydrogen) atoms. The van der Waals surface area contributed by atoms with Crippen molar-refractivity contribution in [3.63, 3.8) is 0 Å². The molecule has 0 unspecified atom stereocenters. The lowest BCUT2D eigenvalue weighted by Crippen LogP contribution is -2.34. The lowest BCUT2D eigenvalue weighted by atomic mass is 9.80. The number of benzene rings is 2. The maximum absolute atomic E-state index is 13.9. The van der Waals surface area contributed by atoms with Gasteiger partial charge in [0.2, 0.25) is 0 Å². The third-order valence-electron chi connectivity index (χ3n) is 8.00. The molecule has 1 aliphatic carbocycles. The van der Waals surface area contributed by atoms with E-state index in [1.54, 1.807) is 35.2 Å². The zero-order chi connectivity index (χ0) is 32.1. The molecular weight excluding hydrogens is 608 g/mol. The molecule has 0 radical (unpaired) electrons.